The highest BCUT2D eigenvalue weighted by molar-refractivity contribution is 6.06. The summed E-state index contributed by atoms with van der Waals surface area (Å²) in [6, 6.07) is 6.91. The summed E-state index contributed by atoms with van der Waals surface area (Å²) in [6.07, 6.45) is 3.05. The summed E-state index contributed by atoms with van der Waals surface area (Å²) in [6.45, 7) is 13.2. The van der Waals surface area contributed by atoms with Crippen molar-refractivity contribution in [1.29, 1.82) is 0 Å². The van der Waals surface area contributed by atoms with Gasteiger partial charge in [-0.3, -0.25) is 9.78 Å². The van der Waals surface area contributed by atoms with Crippen LogP contribution in [0.5, 0.6) is 5.75 Å². The van der Waals surface area contributed by atoms with Gasteiger partial charge in [0, 0.05) is 31.9 Å². The number of nitrogens with zero attached hydrogens (tertiary/aromatic N) is 6. The maximum Gasteiger partial charge on any atom is 0.246 e. The average Bonchev–Trinajstić information content (AvgIpc) is 2.92. The summed E-state index contributed by atoms with van der Waals surface area (Å²) in [7, 11) is 0. The Morgan fingerprint density at radius 3 is 2.65 bits per heavy atom. The molecule has 1 saturated heterocycles. The van der Waals surface area contributed by atoms with Crippen LogP contribution < -0.4 is 4.90 Å². The number of fused-ring (bicyclic) bond motifs is 1. The number of phenols is 1. The van der Waals surface area contributed by atoms with Crippen LogP contribution in [0.2, 0.25) is 0 Å². The number of rotatable bonds is 4. The number of aromatic nitrogens is 2. The van der Waals surface area contributed by atoms with E-state index in [1.165, 1.54) is 24.3 Å². The molecule has 10 heteroatoms. The highest BCUT2D eigenvalue weighted by atomic mass is 19.1. The Morgan fingerprint density at radius 1 is 1.20 bits per heavy atom. The number of piperazine rings is 1. The molecule has 2 aromatic heterocycles. The predicted octanol–water partition coefficient (Wildman–Crippen LogP) is 5.13. The smallest absolute Gasteiger partial charge is 0.246 e. The van der Waals surface area contributed by atoms with E-state index in [0.717, 1.165) is 23.0 Å². The van der Waals surface area contributed by atoms with E-state index in [9.17, 15) is 14.3 Å². The summed E-state index contributed by atoms with van der Waals surface area (Å²) in [5, 5.41) is 10.5. The van der Waals surface area contributed by atoms with Gasteiger partial charge in [0.05, 0.1) is 22.5 Å². The largest absolute Gasteiger partial charge is 0.507 e. The lowest BCUT2D eigenvalue weighted by atomic mass is 10.0. The molecule has 1 aromatic carbocycles. The lowest BCUT2D eigenvalue weighted by Gasteiger charge is -2.43. The van der Waals surface area contributed by atoms with Crippen molar-refractivity contribution >= 4 is 23.2 Å². The second kappa shape index (κ2) is 10.7. The summed E-state index contributed by atoms with van der Waals surface area (Å²) >= 11 is 0. The fourth-order valence-electron chi connectivity index (χ4n) is 5.43. The van der Waals surface area contributed by atoms with Crippen molar-refractivity contribution in [3.63, 3.8) is 0 Å². The van der Waals surface area contributed by atoms with Gasteiger partial charge in [0.25, 0.3) is 0 Å². The molecule has 40 heavy (non-hydrogen) atoms. The zero-order valence-corrected chi connectivity index (χ0v) is 23.0. The molecule has 0 radical (unpaired) electrons. The lowest BCUT2D eigenvalue weighted by molar-refractivity contribution is -0.128. The van der Waals surface area contributed by atoms with Gasteiger partial charge in [0.1, 0.15) is 35.6 Å². The van der Waals surface area contributed by atoms with Crippen LogP contribution in [0.4, 0.5) is 20.3 Å². The first kappa shape index (κ1) is 27.2. The zero-order chi connectivity index (χ0) is 28.7. The molecule has 4 heterocycles. The third kappa shape index (κ3) is 4.67. The van der Waals surface area contributed by atoms with Crippen molar-refractivity contribution in [2.45, 2.75) is 39.7 Å². The van der Waals surface area contributed by atoms with E-state index in [1.807, 2.05) is 43.6 Å². The summed E-state index contributed by atoms with van der Waals surface area (Å²) in [5.41, 5.74) is 2.42. The van der Waals surface area contributed by atoms with Crippen molar-refractivity contribution in [2.75, 3.05) is 31.2 Å². The highest BCUT2D eigenvalue weighted by Gasteiger charge is 2.35. The quantitative estimate of drug-likeness (QED) is 0.457. The number of aryl methyl sites for hydroxylation is 1. The van der Waals surface area contributed by atoms with Crippen molar-refractivity contribution in [1.82, 2.24) is 19.8 Å². The van der Waals surface area contributed by atoms with Gasteiger partial charge in [-0.1, -0.05) is 26.5 Å². The summed E-state index contributed by atoms with van der Waals surface area (Å²) in [4.78, 5) is 32.1. The number of amidine groups is 1. The Morgan fingerprint density at radius 2 is 1.98 bits per heavy atom. The van der Waals surface area contributed by atoms with Gasteiger partial charge in [-0.15, -0.1) is 0 Å². The molecule has 1 amide bonds. The van der Waals surface area contributed by atoms with Gasteiger partial charge in [-0.25, -0.2) is 18.8 Å². The number of phenolic OH excluding ortho intramolecular Hbond substituents is 1. The number of aromatic hydroxyl groups is 1. The number of carbonyl (C=O) groups excluding carboxylic acids is 1. The number of benzene rings is 1. The normalized spacial score (nSPS) is 17.1. The molecule has 0 bridgehead atoms. The number of hydrogen-bond acceptors (Lipinski definition) is 7. The fraction of sp³-hybridized carbons (Fsp3) is 0.333. The summed E-state index contributed by atoms with van der Waals surface area (Å²) < 4.78 is 30.7. The Balaban J connectivity index is 1.68. The van der Waals surface area contributed by atoms with Gasteiger partial charge in [0.2, 0.25) is 5.91 Å². The minimum atomic E-state index is -0.784. The van der Waals surface area contributed by atoms with Crippen LogP contribution in [0, 0.1) is 18.6 Å². The molecule has 1 N–H and O–H groups in total. The van der Waals surface area contributed by atoms with Gasteiger partial charge < -0.3 is 19.8 Å². The molecule has 0 spiro atoms. The van der Waals surface area contributed by atoms with E-state index >= 15 is 4.39 Å². The maximum absolute atomic E-state index is 15.8. The molecule has 2 aliphatic heterocycles. The number of carbonyl (C=O) groups is 1. The van der Waals surface area contributed by atoms with E-state index in [2.05, 4.69) is 16.5 Å². The molecular weight excluding hydrogens is 514 g/mol. The number of pyridine rings is 2. The van der Waals surface area contributed by atoms with Crippen LogP contribution in [-0.2, 0) is 4.79 Å². The lowest BCUT2D eigenvalue weighted by Crippen LogP contribution is -2.56. The Labute approximate surface area is 232 Å². The molecule has 5 rings (SSSR count). The van der Waals surface area contributed by atoms with E-state index in [4.69, 9.17) is 4.99 Å². The number of anilines is 2. The second-order valence-electron chi connectivity index (χ2n) is 10.4. The van der Waals surface area contributed by atoms with Crippen LogP contribution in [-0.4, -0.2) is 69.0 Å². The van der Waals surface area contributed by atoms with Crippen LogP contribution in [0.1, 0.15) is 43.5 Å². The number of aliphatic imine (C=N–C) groups is 1. The molecule has 3 aromatic rings. The Bertz CT molecular complexity index is 1500. The average molecular weight is 547 g/mol. The molecule has 208 valence electrons. The van der Waals surface area contributed by atoms with Crippen molar-refractivity contribution in [3.05, 3.63) is 77.6 Å². The molecule has 1 atom stereocenters. The molecule has 0 unspecified atom stereocenters. The van der Waals surface area contributed by atoms with E-state index in [1.54, 1.807) is 11.1 Å². The minimum absolute atomic E-state index is 0.0785. The number of amides is 1. The van der Waals surface area contributed by atoms with E-state index in [-0.39, 0.29) is 35.8 Å². The predicted molar refractivity (Wildman–Crippen MR) is 151 cm³/mol. The fourth-order valence-corrected chi connectivity index (χ4v) is 5.43. The third-order valence-electron chi connectivity index (χ3n) is 7.40. The van der Waals surface area contributed by atoms with Crippen molar-refractivity contribution in [2.24, 2.45) is 4.99 Å². The van der Waals surface area contributed by atoms with Crippen LogP contribution in [0.15, 0.2) is 54.2 Å². The Hall–Kier alpha value is -4.34. The van der Waals surface area contributed by atoms with Gasteiger partial charge in [0.15, 0.2) is 5.82 Å². The first-order chi connectivity index (χ1) is 19.1. The topological polar surface area (TPSA) is 85.2 Å². The van der Waals surface area contributed by atoms with Crippen molar-refractivity contribution in [3.8, 4) is 17.0 Å². The molecule has 8 nitrogen and oxygen atoms in total. The Kier molecular flexibility index (Phi) is 7.27. The second-order valence-corrected chi connectivity index (χ2v) is 10.4. The highest BCUT2D eigenvalue weighted by Crippen LogP contribution is 2.41. The first-order valence-electron chi connectivity index (χ1n) is 13.3. The van der Waals surface area contributed by atoms with Gasteiger partial charge in [-0.05, 0) is 55.7 Å². The zero-order valence-electron chi connectivity index (χ0n) is 23.0. The van der Waals surface area contributed by atoms with Crippen LogP contribution in [0.25, 0.3) is 11.3 Å². The summed E-state index contributed by atoms with van der Waals surface area (Å²) in [5.74, 6) is -1.09. The monoisotopic (exact) mass is 546 g/mol. The first-order valence-corrected chi connectivity index (χ1v) is 13.3. The van der Waals surface area contributed by atoms with Gasteiger partial charge in [-0.2, -0.15) is 0 Å². The van der Waals surface area contributed by atoms with Crippen LogP contribution in [0.3, 0.4) is 0 Å². The standard InChI is InChI=1S/C30H32F2N6O2/c1-6-24(40)36-12-13-37(19(5)15-36)29-20-14-22(32)27(25-21(31)8-7-9-23(25)39)35-30(20)38(16-34-29)28-18(4)10-11-33-26(28)17(2)3/h6-11,14,17,19,39H,1,12-13,15-16H2,2-5H3/t19-/m1/s1. The number of hydrogen-bond donors (Lipinski definition) is 1. The van der Waals surface area contributed by atoms with Crippen LogP contribution >= 0.6 is 0 Å². The molecular formula is C30H32F2N6O2. The number of halogens is 2. The molecule has 0 saturated carbocycles. The van der Waals surface area contributed by atoms with E-state index < -0.39 is 17.4 Å². The minimum Gasteiger partial charge on any atom is -0.507 e. The molecule has 1 fully saturated rings. The van der Waals surface area contributed by atoms with Gasteiger partial charge >= 0.3 is 0 Å². The third-order valence-corrected chi connectivity index (χ3v) is 7.40. The SMILES string of the molecule is C=CC(=O)N1CCN(C2=NCN(c3c(C)ccnc3C(C)C)c3nc(-c4c(O)cccc4F)c(F)cc32)[C@H](C)C1. The van der Waals surface area contributed by atoms with E-state index in [0.29, 0.717) is 36.9 Å². The van der Waals surface area contributed by atoms with Crippen molar-refractivity contribution < 1.29 is 18.7 Å². The maximum atomic E-state index is 15.8. The molecule has 0 aliphatic carbocycles. The molecule has 2 aliphatic rings.